The lowest BCUT2D eigenvalue weighted by Gasteiger charge is -2.62. The van der Waals surface area contributed by atoms with Crippen molar-refractivity contribution >= 4 is 11.9 Å². The van der Waals surface area contributed by atoms with Crippen LogP contribution in [0, 0.1) is 92.7 Å². The summed E-state index contributed by atoms with van der Waals surface area (Å²) in [5.41, 5.74) is 3.54. The highest BCUT2D eigenvalue weighted by molar-refractivity contribution is 5.69. The molecule has 0 saturated heterocycles. The number of carbonyl (C=O) groups is 2. The van der Waals surface area contributed by atoms with Crippen LogP contribution < -0.4 is 21.3 Å². The zero-order valence-electron chi connectivity index (χ0n) is 52.5. The van der Waals surface area contributed by atoms with Gasteiger partial charge in [0, 0.05) is 50.4 Å². The smallest absolute Gasteiger partial charge is 0.305 e. The third-order valence-electron chi connectivity index (χ3n) is 25.4. The average molecular weight is 1140 g/mol. The molecule has 8 aliphatic rings. The predicted octanol–water partition coefficient (Wildman–Crippen LogP) is 12.3. The number of aromatic nitrogens is 2. The van der Waals surface area contributed by atoms with E-state index in [9.17, 15) is 19.8 Å². The number of carbonyl (C=O) groups excluding carboxylic acids is 2. The molecule has 0 bridgehead atoms. The maximum absolute atomic E-state index is 11.8. The number of ether oxygens (including phenoxy) is 2. The van der Waals surface area contributed by atoms with Crippen molar-refractivity contribution in [3.63, 3.8) is 0 Å². The van der Waals surface area contributed by atoms with Crippen molar-refractivity contribution in [1.29, 1.82) is 0 Å². The Kier molecular flexibility index (Phi) is 22.2. The molecular formula is C70H114N6O6. The number of hydrogen-bond acceptors (Lipinski definition) is 12. The molecule has 20 atom stereocenters. The van der Waals surface area contributed by atoms with Gasteiger partial charge in [-0.25, -0.2) is 0 Å². The van der Waals surface area contributed by atoms with Crippen LogP contribution in [0.25, 0.3) is 0 Å². The number of rotatable bonds is 24. The molecule has 10 rings (SSSR count). The Morgan fingerprint density at radius 3 is 1.32 bits per heavy atom. The summed E-state index contributed by atoms with van der Waals surface area (Å²) in [4.78, 5) is 32.4. The number of fused-ring (bicyclic) bond motifs is 10. The van der Waals surface area contributed by atoms with Crippen LogP contribution >= 0.6 is 0 Å². The van der Waals surface area contributed by atoms with Crippen LogP contribution in [0.3, 0.4) is 0 Å². The van der Waals surface area contributed by atoms with Gasteiger partial charge >= 0.3 is 11.9 Å². The number of aliphatic hydroxyl groups is 2. The Morgan fingerprint density at radius 2 is 0.927 bits per heavy atom. The summed E-state index contributed by atoms with van der Waals surface area (Å²) in [6.07, 6.45) is 30.8. The van der Waals surface area contributed by atoms with Crippen molar-refractivity contribution in [1.82, 2.24) is 31.2 Å². The SMILES string of the molecule is COC(=O)CC[C@@H](C)[C@H]1CC[C@H]2[C@@H]3[C@H](O)C[C@@H]4C[C@@H](NCCCCNCc5ccccn5)CC[C@]4(C)[C@H]3CC[C@]12C.COC(=O)CC[C@@H](C)[C@H]1CC[C@H]2[C@@H]3[C@H](O)C[C@H]4C[C@@H](NCCCCNCc5ccccn5)CC[C@]4(C)[C@H]3CC[C@]12C. The number of unbranched alkanes of at least 4 members (excludes halogenated alkanes) is 2. The van der Waals surface area contributed by atoms with Gasteiger partial charge in [-0.3, -0.25) is 19.6 Å². The minimum atomic E-state index is -0.157. The lowest BCUT2D eigenvalue weighted by molar-refractivity contribution is -0.167. The van der Waals surface area contributed by atoms with Crippen molar-refractivity contribution in [3.8, 4) is 0 Å². The monoisotopic (exact) mass is 1130 g/mol. The van der Waals surface area contributed by atoms with E-state index in [2.05, 4.69) is 84.9 Å². The second kappa shape index (κ2) is 28.7. The Hall–Kier alpha value is -3.00. The molecule has 0 radical (unpaired) electrons. The molecule has 460 valence electrons. The van der Waals surface area contributed by atoms with E-state index in [0.717, 1.165) is 76.3 Å². The van der Waals surface area contributed by atoms with Crippen LogP contribution in [-0.2, 0) is 32.2 Å². The van der Waals surface area contributed by atoms with Gasteiger partial charge in [0.2, 0.25) is 0 Å². The van der Waals surface area contributed by atoms with Crippen molar-refractivity contribution in [2.45, 2.75) is 233 Å². The second-order valence-electron chi connectivity index (χ2n) is 29.5. The molecule has 12 nitrogen and oxygen atoms in total. The van der Waals surface area contributed by atoms with E-state index in [-0.39, 0.29) is 24.1 Å². The van der Waals surface area contributed by atoms with Gasteiger partial charge in [-0.1, -0.05) is 53.7 Å². The Morgan fingerprint density at radius 1 is 0.537 bits per heavy atom. The van der Waals surface area contributed by atoms with E-state index < -0.39 is 0 Å². The van der Waals surface area contributed by atoms with Crippen LogP contribution in [0.4, 0.5) is 0 Å². The summed E-state index contributed by atoms with van der Waals surface area (Å²) in [6, 6.07) is 13.3. The van der Waals surface area contributed by atoms with E-state index in [1.165, 1.54) is 130 Å². The topological polar surface area (TPSA) is 167 Å². The van der Waals surface area contributed by atoms with E-state index in [0.29, 0.717) is 118 Å². The Bertz CT molecular complexity index is 2140. The summed E-state index contributed by atoms with van der Waals surface area (Å²) in [7, 11) is 2.99. The van der Waals surface area contributed by atoms with Gasteiger partial charge in [0.05, 0.1) is 37.8 Å². The van der Waals surface area contributed by atoms with Crippen LogP contribution in [-0.4, -0.2) is 96.8 Å². The van der Waals surface area contributed by atoms with Gasteiger partial charge in [0.25, 0.3) is 0 Å². The average Bonchev–Trinajstić information content (AvgIpc) is 4.13. The number of esters is 2. The van der Waals surface area contributed by atoms with Gasteiger partial charge < -0.3 is 41.0 Å². The highest BCUT2D eigenvalue weighted by Gasteiger charge is 2.65. The molecule has 6 N–H and O–H groups in total. The molecule has 82 heavy (non-hydrogen) atoms. The summed E-state index contributed by atoms with van der Waals surface area (Å²) in [5, 5.41) is 38.3. The zero-order valence-corrected chi connectivity index (χ0v) is 52.5. The molecular weight excluding hydrogens is 1020 g/mol. The second-order valence-corrected chi connectivity index (χ2v) is 29.5. The van der Waals surface area contributed by atoms with E-state index in [4.69, 9.17) is 9.47 Å². The number of pyridine rings is 2. The standard InChI is InChI=1S/2C35H57N3O3/c2*1-24(10-13-32(40)41-4)28-11-12-29-33-30(15-17-35(28,29)3)34(2)16-14-26(21-25(34)22-31(33)39)37-20-8-7-18-36-23-27-9-5-6-19-38-27/h2*5-6,9,19,24-26,28-31,33,36-37,39H,7-8,10-18,20-23H2,1-4H3/t24-,25+,26+,28-,29+,30+,31-,33+,34+,35-;24-,25-,26+,28-,29+,30+,31-,33+,34+,35-/m11/s1. The molecule has 8 aliphatic carbocycles. The molecule has 2 heterocycles. The lowest BCUT2D eigenvalue weighted by Crippen LogP contribution is -2.59. The fourth-order valence-corrected chi connectivity index (χ4v) is 20.9. The zero-order chi connectivity index (χ0) is 58.1. The summed E-state index contributed by atoms with van der Waals surface area (Å²) < 4.78 is 9.85. The molecule has 12 heteroatoms. The number of methoxy groups -OCH3 is 2. The van der Waals surface area contributed by atoms with Crippen LogP contribution in [0.1, 0.15) is 207 Å². The maximum atomic E-state index is 11.8. The molecule has 0 spiro atoms. The lowest BCUT2D eigenvalue weighted by atomic mass is 9.43. The molecule has 0 amide bonds. The van der Waals surface area contributed by atoms with E-state index in [1.807, 2.05) is 36.7 Å². The first-order valence-corrected chi connectivity index (χ1v) is 33.7. The summed E-state index contributed by atoms with van der Waals surface area (Å²) >= 11 is 0. The molecule has 0 aromatic carbocycles. The fraction of sp³-hybridized carbons (Fsp3) is 0.829. The quantitative estimate of drug-likeness (QED) is 0.0436. The minimum Gasteiger partial charge on any atom is -0.469 e. The summed E-state index contributed by atoms with van der Waals surface area (Å²) in [6.45, 7) is 20.9. The van der Waals surface area contributed by atoms with Crippen LogP contribution in [0.5, 0.6) is 0 Å². The first-order chi connectivity index (χ1) is 39.5. The van der Waals surface area contributed by atoms with Gasteiger partial charge in [-0.15, -0.1) is 0 Å². The van der Waals surface area contributed by atoms with Crippen molar-refractivity contribution < 1.29 is 29.3 Å². The van der Waals surface area contributed by atoms with Crippen molar-refractivity contribution in [3.05, 3.63) is 60.2 Å². The largest absolute Gasteiger partial charge is 0.469 e. The van der Waals surface area contributed by atoms with Gasteiger partial charge in [-0.05, 0) is 284 Å². The first kappa shape index (κ1) is 63.5. The van der Waals surface area contributed by atoms with Crippen molar-refractivity contribution in [2.24, 2.45) is 92.7 Å². The van der Waals surface area contributed by atoms with Crippen LogP contribution in [0.2, 0.25) is 0 Å². The van der Waals surface area contributed by atoms with Crippen molar-refractivity contribution in [2.75, 3.05) is 40.4 Å². The van der Waals surface area contributed by atoms with Gasteiger partial charge in [0.15, 0.2) is 0 Å². The first-order valence-electron chi connectivity index (χ1n) is 33.7. The number of aliphatic hydroxyl groups excluding tert-OH is 2. The number of nitrogens with zero attached hydrogens (tertiary/aromatic N) is 2. The fourth-order valence-electron chi connectivity index (χ4n) is 20.9. The van der Waals surface area contributed by atoms with Gasteiger partial charge in [0.1, 0.15) is 0 Å². The maximum Gasteiger partial charge on any atom is 0.305 e. The highest BCUT2D eigenvalue weighted by Crippen LogP contribution is 2.70. The molecule has 8 saturated carbocycles. The molecule has 8 fully saturated rings. The minimum absolute atomic E-state index is 0.0827. The Balaban J connectivity index is 0.000000198. The number of nitrogens with one attached hydrogen (secondary N) is 4. The van der Waals surface area contributed by atoms with E-state index in [1.54, 1.807) is 0 Å². The molecule has 0 aliphatic heterocycles. The Labute approximate surface area is 496 Å². The highest BCUT2D eigenvalue weighted by atomic mass is 16.5. The normalized spacial score (nSPS) is 38.9. The summed E-state index contributed by atoms with van der Waals surface area (Å²) in [5.74, 6) is 6.94. The molecule has 2 aromatic rings. The van der Waals surface area contributed by atoms with Gasteiger partial charge in [-0.2, -0.15) is 0 Å². The van der Waals surface area contributed by atoms with E-state index >= 15 is 0 Å². The third kappa shape index (κ3) is 14.2. The molecule has 0 unspecified atom stereocenters. The molecule has 2 aromatic heterocycles. The van der Waals surface area contributed by atoms with Crippen LogP contribution in [0.15, 0.2) is 48.8 Å². The predicted molar refractivity (Wildman–Crippen MR) is 328 cm³/mol. The number of hydrogen-bond donors (Lipinski definition) is 6. The third-order valence-corrected chi connectivity index (χ3v) is 25.4.